The normalized spacial score (nSPS) is 23.6. The highest BCUT2D eigenvalue weighted by Gasteiger charge is 2.24. The first-order valence-electron chi connectivity index (χ1n) is 5.69. The molecule has 0 heterocycles. The fraction of sp³-hybridized carbons (Fsp3) is 0.571. The van der Waals surface area contributed by atoms with Crippen LogP contribution >= 0.6 is 0 Å². The number of allylic oxidation sites excluding steroid dienone is 6. The highest BCUT2D eigenvalue weighted by Crippen LogP contribution is 2.38. The maximum Gasteiger partial charge on any atom is -0.0133 e. The van der Waals surface area contributed by atoms with Crippen molar-refractivity contribution in [2.24, 2.45) is 11.8 Å². The van der Waals surface area contributed by atoms with E-state index in [0.29, 0.717) is 0 Å². The van der Waals surface area contributed by atoms with Gasteiger partial charge in [0.25, 0.3) is 0 Å². The maximum absolute atomic E-state index is 2.33. The van der Waals surface area contributed by atoms with E-state index in [1.807, 2.05) is 0 Å². The van der Waals surface area contributed by atoms with Crippen LogP contribution in [0.4, 0.5) is 0 Å². The van der Waals surface area contributed by atoms with E-state index in [0.717, 1.165) is 11.8 Å². The van der Waals surface area contributed by atoms with Gasteiger partial charge in [-0.2, -0.15) is 0 Å². The van der Waals surface area contributed by atoms with Crippen LogP contribution in [0.15, 0.2) is 35.5 Å². The summed E-state index contributed by atoms with van der Waals surface area (Å²) in [6.07, 6.45) is 11.5. The molecule has 1 aliphatic carbocycles. The van der Waals surface area contributed by atoms with Gasteiger partial charge < -0.3 is 0 Å². The summed E-state index contributed by atoms with van der Waals surface area (Å²) in [5, 5.41) is 0. The van der Waals surface area contributed by atoms with Gasteiger partial charge in [-0.3, -0.25) is 0 Å². The van der Waals surface area contributed by atoms with Gasteiger partial charge >= 0.3 is 0 Å². The Bertz CT molecular complexity index is 264. The van der Waals surface area contributed by atoms with Gasteiger partial charge in [-0.1, -0.05) is 38.2 Å². The topological polar surface area (TPSA) is 0 Å². The summed E-state index contributed by atoms with van der Waals surface area (Å²) in [6.45, 7) is 8.86. The van der Waals surface area contributed by atoms with Crippen LogP contribution < -0.4 is 0 Å². The smallest absolute Gasteiger partial charge is 0.0133 e. The molecule has 0 aromatic rings. The number of hydrogen-bond acceptors (Lipinski definition) is 0. The molecule has 0 N–H and O–H groups in total. The minimum atomic E-state index is 0.768. The fourth-order valence-corrected chi connectivity index (χ4v) is 2.33. The predicted octanol–water partition coefficient (Wildman–Crippen LogP) is 4.50. The summed E-state index contributed by atoms with van der Waals surface area (Å²) in [7, 11) is 0. The molecule has 0 spiro atoms. The number of hydrogen-bond donors (Lipinski definition) is 0. The van der Waals surface area contributed by atoms with Crippen LogP contribution in [0.5, 0.6) is 0 Å². The van der Waals surface area contributed by atoms with E-state index in [1.165, 1.54) is 12.8 Å². The molecular weight excluding hydrogens is 168 g/mol. The van der Waals surface area contributed by atoms with Crippen LogP contribution in [0.1, 0.15) is 40.5 Å². The molecule has 1 unspecified atom stereocenters. The van der Waals surface area contributed by atoms with Gasteiger partial charge in [0.05, 0.1) is 0 Å². The molecule has 0 saturated carbocycles. The van der Waals surface area contributed by atoms with Crippen LogP contribution in [0.2, 0.25) is 0 Å². The van der Waals surface area contributed by atoms with Crippen molar-refractivity contribution in [3.63, 3.8) is 0 Å². The van der Waals surface area contributed by atoms with Crippen molar-refractivity contribution in [1.82, 2.24) is 0 Å². The van der Waals surface area contributed by atoms with Gasteiger partial charge in [-0.25, -0.2) is 0 Å². The molecular formula is C14H22. The Balaban J connectivity index is 2.95. The Morgan fingerprint density at radius 3 is 2.29 bits per heavy atom. The van der Waals surface area contributed by atoms with Crippen molar-refractivity contribution >= 4 is 0 Å². The summed E-state index contributed by atoms with van der Waals surface area (Å²) >= 11 is 0. The second-order valence-electron chi connectivity index (χ2n) is 4.37. The van der Waals surface area contributed by atoms with Gasteiger partial charge in [0, 0.05) is 0 Å². The molecule has 0 aliphatic heterocycles. The standard InChI is InChI=1S/C14H22/c1-5-7-12-9-10-13(11(3)4)14(12)8-6-2/h5-8,11,13H,9-10H2,1-4H3/b7-5-,8-6-. The van der Waals surface area contributed by atoms with Crippen molar-refractivity contribution in [1.29, 1.82) is 0 Å². The molecule has 0 bridgehead atoms. The summed E-state index contributed by atoms with van der Waals surface area (Å²) in [5.41, 5.74) is 3.12. The predicted molar refractivity (Wildman–Crippen MR) is 64.2 cm³/mol. The molecule has 0 radical (unpaired) electrons. The minimum Gasteiger partial charge on any atom is -0.0874 e. The van der Waals surface area contributed by atoms with Gasteiger partial charge in [-0.05, 0) is 49.7 Å². The molecule has 0 aromatic carbocycles. The van der Waals surface area contributed by atoms with E-state index in [2.05, 4.69) is 52.0 Å². The molecule has 14 heavy (non-hydrogen) atoms. The molecule has 0 saturated heterocycles. The van der Waals surface area contributed by atoms with Gasteiger partial charge in [0.1, 0.15) is 0 Å². The third-order valence-corrected chi connectivity index (χ3v) is 3.01. The molecule has 1 atom stereocenters. The Kier molecular flexibility index (Phi) is 4.19. The van der Waals surface area contributed by atoms with Crippen molar-refractivity contribution in [3.8, 4) is 0 Å². The molecule has 1 rings (SSSR count). The summed E-state index contributed by atoms with van der Waals surface area (Å²) in [5.74, 6) is 1.54. The Labute approximate surface area is 88.4 Å². The highest BCUT2D eigenvalue weighted by molar-refractivity contribution is 5.38. The van der Waals surface area contributed by atoms with Gasteiger partial charge in [-0.15, -0.1) is 0 Å². The lowest BCUT2D eigenvalue weighted by Gasteiger charge is -2.16. The largest absolute Gasteiger partial charge is 0.0874 e. The zero-order valence-electron chi connectivity index (χ0n) is 9.88. The van der Waals surface area contributed by atoms with E-state index < -0.39 is 0 Å². The van der Waals surface area contributed by atoms with Crippen molar-refractivity contribution in [3.05, 3.63) is 35.5 Å². The second kappa shape index (κ2) is 5.19. The van der Waals surface area contributed by atoms with E-state index >= 15 is 0 Å². The third-order valence-electron chi connectivity index (χ3n) is 3.01. The Hall–Kier alpha value is -0.780. The first-order valence-corrected chi connectivity index (χ1v) is 5.69. The molecule has 0 fully saturated rings. The van der Waals surface area contributed by atoms with Crippen LogP contribution in [-0.4, -0.2) is 0 Å². The first-order chi connectivity index (χ1) is 6.70. The fourth-order valence-electron chi connectivity index (χ4n) is 2.33. The first kappa shape index (κ1) is 11.3. The van der Waals surface area contributed by atoms with Crippen LogP contribution in [0.3, 0.4) is 0 Å². The van der Waals surface area contributed by atoms with E-state index in [9.17, 15) is 0 Å². The third kappa shape index (κ3) is 2.37. The van der Waals surface area contributed by atoms with E-state index in [4.69, 9.17) is 0 Å². The average Bonchev–Trinajstić information content (AvgIpc) is 2.50. The van der Waals surface area contributed by atoms with Crippen molar-refractivity contribution < 1.29 is 0 Å². The van der Waals surface area contributed by atoms with Crippen LogP contribution in [-0.2, 0) is 0 Å². The zero-order chi connectivity index (χ0) is 10.6. The quantitative estimate of drug-likeness (QED) is 0.614. The van der Waals surface area contributed by atoms with E-state index in [-0.39, 0.29) is 0 Å². The highest BCUT2D eigenvalue weighted by atomic mass is 14.3. The van der Waals surface area contributed by atoms with Crippen molar-refractivity contribution in [2.75, 3.05) is 0 Å². The minimum absolute atomic E-state index is 0.768. The summed E-state index contributed by atoms with van der Waals surface area (Å²) in [4.78, 5) is 0. The van der Waals surface area contributed by atoms with Gasteiger partial charge in [0.2, 0.25) is 0 Å². The molecule has 0 nitrogen and oxygen atoms in total. The molecule has 0 heteroatoms. The Morgan fingerprint density at radius 1 is 1.14 bits per heavy atom. The Morgan fingerprint density at radius 2 is 1.79 bits per heavy atom. The summed E-state index contributed by atoms with van der Waals surface area (Å²) < 4.78 is 0. The van der Waals surface area contributed by atoms with Crippen molar-refractivity contribution in [2.45, 2.75) is 40.5 Å². The molecule has 78 valence electrons. The lowest BCUT2D eigenvalue weighted by Crippen LogP contribution is -2.06. The second-order valence-corrected chi connectivity index (χ2v) is 4.37. The zero-order valence-corrected chi connectivity index (χ0v) is 9.88. The summed E-state index contributed by atoms with van der Waals surface area (Å²) in [6, 6.07) is 0. The number of rotatable bonds is 3. The molecule has 0 aromatic heterocycles. The van der Waals surface area contributed by atoms with E-state index in [1.54, 1.807) is 11.1 Å². The maximum atomic E-state index is 2.33. The monoisotopic (exact) mass is 190 g/mol. The van der Waals surface area contributed by atoms with Gasteiger partial charge in [0.15, 0.2) is 0 Å². The van der Waals surface area contributed by atoms with Crippen LogP contribution in [0.25, 0.3) is 0 Å². The SMILES string of the molecule is C/C=C\C1=C(/C=C\C)C(C(C)C)CC1. The molecule has 1 aliphatic rings. The van der Waals surface area contributed by atoms with Crippen LogP contribution in [0, 0.1) is 11.8 Å². The lowest BCUT2D eigenvalue weighted by molar-refractivity contribution is 0.446. The lowest BCUT2D eigenvalue weighted by atomic mass is 9.89. The average molecular weight is 190 g/mol. The molecule has 0 amide bonds.